The molecule has 3 heteroatoms. The first-order valence-electron chi connectivity index (χ1n) is 12.2. The fourth-order valence-electron chi connectivity index (χ4n) is 8.56. The Balaban J connectivity index is 0.000000648. The molecule has 1 aromatic rings. The van der Waals surface area contributed by atoms with Crippen LogP contribution >= 0.6 is 17.0 Å². The molecule has 31 heavy (non-hydrogen) atoms. The summed E-state index contributed by atoms with van der Waals surface area (Å²) in [5.41, 5.74) is 2.11. The van der Waals surface area contributed by atoms with E-state index in [1.54, 1.807) is 18.4 Å². The van der Waals surface area contributed by atoms with Crippen LogP contribution in [0.3, 0.4) is 0 Å². The van der Waals surface area contributed by atoms with Gasteiger partial charge in [0, 0.05) is 0 Å². The second-order valence-corrected chi connectivity index (χ2v) is 14.2. The summed E-state index contributed by atoms with van der Waals surface area (Å²) in [6, 6.07) is 11.8. The Morgan fingerprint density at radius 2 is 1.06 bits per heavy atom. The van der Waals surface area contributed by atoms with E-state index in [1.807, 2.05) is 0 Å². The van der Waals surface area contributed by atoms with Crippen molar-refractivity contribution in [3.05, 3.63) is 50.7 Å². The van der Waals surface area contributed by atoms with Crippen LogP contribution in [0.5, 0.6) is 0 Å². The van der Waals surface area contributed by atoms with Crippen molar-refractivity contribution in [2.24, 2.45) is 35.5 Å². The maximum atomic E-state index is 4.93. The van der Waals surface area contributed by atoms with Gasteiger partial charge in [-0.3, -0.25) is 0 Å². The van der Waals surface area contributed by atoms with Crippen molar-refractivity contribution in [1.29, 1.82) is 0 Å². The van der Waals surface area contributed by atoms with E-state index in [0.29, 0.717) is 5.41 Å². The molecule has 4 saturated carbocycles. The van der Waals surface area contributed by atoms with E-state index >= 15 is 0 Å². The molecule has 0 aliphatic heterocycles. The van der Waals surface area contributed by atoms with Crippen LogP contribution in [0.1, 0.15) is 89.5 Å². The average molecular weight is 543 g/mol. The minimum absolute atomic E-state index is 0. The summed E-state index contributed by atoms with van der Waals surface area (Å²) in [4.78, 5) is 0. The van der Waals surface area contributed by atoms with Crippen molar-refractivity contribution in [3.8, 4) is 0 Å². The van der Waals surface area contributed by atoms with Gasteiger partial charge in [-0.05, 0) is 85.0 Å². The third-order valence-corrected chi connectivity index (χ3v) is 9.51. The first kappa shape index (κ1) is 27.9. The molecule has 0 N–H and O–H groups in total. The quantitative estimate of drug-likeness (QED) is 0.334. The van der Waals surface area contributed by atoms with Crippen LogP contribution in [0.4, 0.5) is 0 Å². The van der Waals surface area contributed by atoms with Crippen LogP contribution in [0.15, 0.2) is 30.3 Å². The molecule has 4 fully saturated rings. The molecule has 5 atom stereocenters. The van der Waals surface area contributed by atoms with Crippen LogP contribution < -0.4 is 0 Å². The van der Waals surface area contributed by atoms with Gasteiger partial charge in [-0.2, -0.15) is 0 Å². The number of rotatable bonds is 3. The van der Waals surface area contributed by atoms with E-state index in [4.69, 9.17) is 17.0 Å². The second kappa shape index (κ2) is 13.0. The molecule has 0 aromatic heterocycles. The molecule has 1 aromatic carbocycles. The minimum atomic E-state index is -0.826. The van der Waals surface area contributed by atoms with Gasteiger partial charge in [0.25, 0.3) is 0 Å². The molecule has 0 bridgehead atoms. The second-order valence-electron chi connectivity index (χ2n) is 10.5. The Morgan fingerprint density at radius 1 is 0.677 bits per heavy atom. The normalized spacial score (nSPS) is 33.8. The third-order valence-electron chi connectivity index (χ3n) is 9.51. The summed E-state index contributed by atoms with van der Waals surface area (Å²) in [5.74, 6) is 6.10. The van der Waals surface area contributed by atoms with E-state index in [2.05, 4.69) is 37.3 Å². The summed E-state index contributed by atoms with van der Waals surface area (Å²) in [6.07, 6.45) is 18.1. The summed E-state index contributed by atoms with van der Waals surface area (Å²) < 4.78 is 0. The summed E-state index contributed by atoms with van der Waals surface area (Å²) in [6.45, 7) is 2.73. The van der Waals surface area contributed by atoms with E-state index in [9.17, 15) is 0 Å². The fraction of sp³-hybridized carbons (Fsp3) is 0.714. The van der Waals surface area contributed by atoms with E-state index in [-0.39, 0.29) is 14.9 Å². The summed E-state index contributed by atoms with van der Waals surface area (Å²) in [5, 5.41) is 0. The number of hydrogen-bond donors (Lipinski definition) is 0. The molecule has 0 radical (unpaired) electrons. The number of hydrogen-bond acceptors (Lipinski definition) is 0. The summed E-state index contributed by atoms with van der Waals surface area (Å²) >= 11 is -0.826. The molecule has 4 aliphatic rings. The third kappa shape index (κ3) is 5.51. The maximum absolute atomic E-state index is 4.93. The molecular weight excluding hydrogens is 498 g/mol. The average Bonchev–Trinajstić information content (AvgIpc) is 3.42. The number of fused-ring (bicyclic) bond motifs is 3. The molecule has 4 aliphatic carbocycles. The molecule has 0 heterocycles. The first-order chi connectivity index (χ1) is 14.2. The Kier molecular flexibility index (Phi) is 11.7. The Labute approximate surface area is 212 Å². The monoisotopic (exact) mass is 540 g/mol. The predicted octanol–water partition coefficient (Wildman–Crippen LogP) is 9.65. The standard InChI is InChI=1S/C26H38.2CH3.2ClH.Zr/c1-26(20-13-5-6-14-20,19-11-3-2-4-12-19)25-23-17-9-7-15-21(23)22-16-8-10-18-24(22)25;;;;;/h2-4,11-12,20-25H,5-10,13-18H2,1H3;2*1H3;2*1H;/q;2*-1;;;+4/p-2. The number of halogens is 2. The molecule has 5 rings (SSSR count). The van der Waals surface area contributed by atoms with E-state index in [0.717, 1.165) is 35.5 Å². The zero-order valence-electron chi connectivity index (χ0n) is 20.1. The van der Waals surface area contributed by atoms with Crippen molar-refractivity contribution >= 4 is 17.0 Å². The molecule has 0 spiro atoms. The topological polar surface area (TPSA) is 0 Å². The van der Waals surface area contributed by atoms with Crippen LogP contribution in [0, 0.1) is 50.4 Å². The van der Waals surface area contributed by atoms with Gasteiger partial charge < -0.3 is 14.9 Å². The Morgan fingerprint density at radius 3 is 1.52 bits per heavy atom. The molecule has 5 unspecified atom stereocenters. The van der Waals surface area contributed by atoms with Crippen LogP contribution in [-0.4, -0.2) is 0 Å². The summed E-state index contributed by atoms with van der Waals surface area (Å²) in [7, 11) is 9.87. The van der Waals surface area contributed by atoms with Gasteiger partial charge in [0.15, 0.2) is 0 Å². The van der Waals surface area contributed by atoms with Crippen molar-refractivity contribution < 1.29 is 20.8 Å². The van der Waals surface area contributed by atoms with Crippen LogP contribution in [0.2, 0.25) is 0 Å². The van der Waals surface area contributed by atoms with Crippen LogP contribution in [-0.2, 0) is 26.3 Å². The van der Waals surface area contributed by atoms with Crippen molar-refractivity contribution in [1.82, 2.24) is 0 Å². The van der Waals surface area contributed by atoms with Gasteiger partial charge in [0.1, 0.15) is 0 Å². The SMILES string of the molecule is CC(c1ccccc1)(C1CCCC1)C1C2CCCCC2C2CCCCC21.[CH3-].[CH3-].[Cl][Zr+2][Cl]. The van der Waals surface area contributed by atoms with E-state index < -0.39 is 20.8 Å². The molecular formula is C28H44Cl2Zr. The van der Waals surface area contributed by atoms with Gasteiger partial charge in [-0.15, -0.1) is 0 Å². The van der Waals surface area contributed by atoms with Crippen molar-refractivity contribution in [2.45, 2.75) is 89.4 Å². The molecule has 0 nitrogen and oxygen atoms in total. The zero-order chi connectivity index (χ0) is 20.3. The zero-order valence-corrected chi connectivity index (χ0v) is 24.1. The van der Waals surface area contributed by atoms with Gasteiger partial charge in [-0.1, -0.05) is 75.8 Å². The van der Waals surface area contributed by atoms with E-state index in [1.165, 1.54) is 64.2 Å². The molecule has 0 amide bonds. The first-order valence-corrected chi connectivity index (χ1v) is 18.6. The van der Waals surface area contributed by atoms with Gasteiger partial charge in [-0.25, -0.2) is 0 Å². The van der Waals surface area contributed by atoms with Gasteiger partial charge in [0.2, 0.25) is 0 Å². The fourth-order valence-corrected chi connectivity index (χ4v) is 8.56. The van der Waals surface area contributed by atoms with Gasteiger partial charge >= 0.3 is 37.9 Å². The number of benzene rings is 1. The Bertz CT molecular complexity index is 607. The van der Waals surface area contributed by atoms with Crippen molar-refractivity contribution in [2.75, 3.05) is 0 Å². The predicted molar refractivity (Wildman–Crippen MR) is 135 cm³/mol. The van der Waals surface area contributed by atoms with Crippen molar-refractivity contribution in [3.63, 3.8) is 0 Å². The Hall–Kier alpha value is 0.683. The van der Waals surface area contributed by atoms with Gasteiger partial charge in [0.05, 0.1) is 0 Å². The molecule has 174 valence electrons. The molecule has 0 saturated heterocycles. The van der Waals surface area contributed by atoms with Crippen LogP contribution in [0.25, 0.3) is 0 Å².